The van der Waals surface area contributed by atoms with Crippen LogP contribution in [0.25, 0.3) is 22.1 Å². The van der Waals surface area contributed by atoms with Crippen LogP contribution >= 0.6 is 11.6 Å². The van der Waals surface area contributed by atoms with Gasteiger partial charge in [0.25, 0.3) is 5.91 Å². The third kappa shape index (κ3) is 4.36. The van der Waals surface area contributed by atoms with Crippen LogP contribution in [0.2, 0.25) is 5.02 Å². The Labute approximate surface area is 194 Å². The average Bonchev–Trinajstić information content (AvgIpc) is 3.31. The van der Waals surface area contributed by atoms with E-state index in [1.807, 2.05) is 42.5 Å². The van der Waals surface area contributed by atoms with Crippen molar-refractivity contribution in [2.75, 3.05) is 13.7 Å². The Kier molecular flexibility index (Phi) is 5.62. The van der Waals surface area contributed by atoms with Gasteiger partial charge in [0.1, 0.15) is 23.9 Å². The zero-order chi connectivity index (χ0) is 22.8. The van der Waals surface area contributed by atoms with E-state index in [0.717, 1.165) is 16.3 Å². The molecule has 4 aromatic rings. The number of fused-ring (bicyclic) bond motifs is 2. The first-order chi connectivity index (χ1) is 16.1. The minimum atomic E-state index is -0.815. The molecule has 0 saturated carbocycles. The fraction of sp³-hybridized carbons (Fsp3) is 0.120. The van der Waals surface area contributed by atoms with E-state index in [1.54, 1.807) is 31.4 Å². The molecule has 166 valence electrons. The van der Waals surface area contributed by atoms with Crippen molar-refractivity contribution in [3.8, 4) is 28.6 Å². The third-order valence-electron chi connectivity index (χ3n) is 5.19. The van der Waals surface area contributed by atoms with Gasteiger partial charge in [0, 0.05) is 5.56 Å². The number of hydrazone groups is 1. The molecule has 1 amide bonds. The number of rotatable bonds is 5. The number of hydrogen-bond donors (Lipinski definition) is 1. The van der Waals surface area contributed by atoms with Gasteiger partial charge < -0.3 is 18.6 Å². The highest BCUT2D eigenvalue weighted by atomic mass is 35.5. The minimum Gasteiger partial charge on any atom is -0.495 e. The third-order valence-corrected chi connectivity index (χ3v) is 5.49. The average molecular weight is 463 g/mol. The van der Waals surface area contributed by atoms with Crippen LogP contribution in [-0.2, 0) is 4.79 Å². The van der Waals surface area contributed by atoms with E-state index >= 15 is 0 Å². The van der Waals surface area contributed by atoms with E-state index in [4.69, 9.17) is 30.2 Å². The van der Waals surface area contributed by atoms with Crippen molar-refractivity contribution in [2.24, 2.45) is 5.10 Å². The van der Waals surface area contributed by atoms with Crippen molar-refractivity contribution in [2.45, 2.75) is 6.10 Å². The standard InChI is InChI=1S/C25H19ClN2O5/c1-30-21-8-6-17(10-19(21)26)20-9-7-18(32-20)13-27-28-25(29)24-14-31-22-11-15-4-2-3-5-16(15)12-23(22)33-24/h2-13,24H,14H2,1H3,(H,28,29)/b27-13+/t24-/m0/s1. The summed E-state index contributed by atoms with van der Waals surface area (Å²) in [7, 11) is 1.56. The monoisotopic (exact) mass is 462 g/mol. The molecule has 0 saturated heterocycles. The van der Waals surface area contributed by atoms with E-state index < -0.39 is 12.0 Å². The number of nitrogens with one attached hydrogen (secondary N) is 1. The Bertz CT molecular complexity index is 1360. The molecule has 8 heteroatoms. The molecule has 0 unspecified atom stereocenters. The minimum absolute atomic E-state index is 0.0931. The molecule has 0 spiro atoms. The summed E-state index contributed by atoms with van der Waals surface area (Å²) in [4.78, 5) is 12.5. The number of nitrogens with zero attached hydrogens (tertiary/aromatic N) is 1. The summed E-state index contributed by atoms with van der Waals surface area (Å²) in [5.41, 5.74) is 3.26. The molecular weight excluding hydrogens is 444 g/mol. The normalized spacial score (nSPS) is 15.0. The second-order valence-corrected chi connectivity index (χ2v) is 7.76. The highest BCUT2D eigenvalue weighted by Gasteiger charge is 2.27. The van der Waals surface area contributed by atoms with E-state index in [2.05, 4.69) is 10.5 Å². The van der Waals surface area contributed by atoms with Gasteiger partial charge in [0.2, 0.25) is 6.10 Å². The number of amides is 1. The summed E-state index contributed by atoms with van der Waals surface area (Å²) in [6.45, 7) is 0.0931. The van der Waals surface area contributed by atoms with E-state index in [1.165, 1.54) is 6.21 Å². The Hall–Kier alpha value is -3.97. The van der Waals surface area contributed by atoms with Gasteiger partial charge in [-0.05, 0) is 53.2 Å². The number of halogens is 1. The lowest BCUT2D eigenvalue weighted by Crippen LogP contribution is -2.42. The Morgan fingerprint density at radius 3 is 2.64 bits per heavy atom. The summed E-state index contributed by atoms with van der Waals surface area (Å²) in [5, 5.41) is 6.51. The number of benzene rings is 3. The maximum Gasteiger partial charge on any atom is 0.284 e. The number of hydrogen-bond acceptors (Lipinski definition) is 6. The Balaban J connectivity index is 1.22. The van der Waals surface area contributed by atoms with Crippen LogP contribution in [0.4, 0.5) is 0 Å². The summed E-state index contributed by atoms with van der Waals surface area (Å²) in [6.07, 6.45) is 0.599. The van der Waals surface area contributed by atoms with E-state index in [0.29, 0.717) is 33.8 Å². The molecule has 3 aromatic carbocycles. The van der Waals surface area contributed by atoms with Gasteiger partial charge in [-0.25, -0.2) is 5.43 Å². The second-order valence-electron chi connectivity index (χ2n) is 7.35. The quantitative estimate of drug-likeness (QED) is 0.331. The van der Waals surface area contributed by atoms with E-state index in [9.17, 15) is 4.79 Å². The molecule has 1 aliphatic rings. The lowest BCUT2D eigenvalue weighted by atomic mass is 10.1. The smallest absolute Gasteiger partial charge is 0.284 e. The van der Waals surface area contributed by atoms with Gasteiger partial charge in [-0.3, -0.25) is 4.79 Å². The van der Waals surface area contributed by atoms with E-state index in [-0.39, 0.29) is 6.61 Å². The number of carbonyl (C=O) groups excluding carboxylic acids is 1. The molecule has 1 N–H and O–H groups in total. The van der Waals surface area contributed by atoms with Crippen LogP contribution in [0.3, 0.4) is 0 Å². The van der Waals surface area contributed by atoms with Crippen molar-refractivity contribution < 1.29 is 23.4 Å². The zero-order valence-corrected chi connectivity index (χ0v) is 18.3. The predicted octanol–water partition coefficient (Wildman–Crippen LogP) is 5.05. The van der Waals surface area contributed by atoms with Gasteiger partial charge in [0.15, 0.2) is 11.5 Å². The molecule has 0 bridgehead atoms. The molecule has 0 aliphatic carbocycles. The van der Waals surface area contributed by atoms with Crippen molar-refractivity contribution in [1.82, 2.24) is 5.43 Å². The van der Waals surface area contributed by atoms with Crippen LogP contribution in [0.5, 0.6) is 17.2 Å². The van der Waals surface area contributed by atoms with Crippen LogP contribution in [0.15, 0.2) is 76.2 Å². The summed E-state index contributed by atoms with van der Waals surface area (Å²) >= 11 is 6.18. The molecular formula is C25H19ClN2O5. The molecule has 0 fully saturated rings. The molecule has 1 atom stereocenters. The van der Waals surface area contributed by atoms with Crippen molar-refractivity contribution >= 4 is 34.5 Å². The highest BCUT2D eigenvalue weighted by molar-refractivity contribution is 6.32. The lowest BCUT2D eigenvalue weighted by molar-refractivity contribution is -0.130. The van der Waals surface area contributed by atoms with Crippen LogP contribution in [0, 0.1) is 0 Å². The first-order valence-corrected chi connectivity index (χ1v) is 10.6. The fourth-order valence-corrected chi connectivity index (χ4v) is 3.77. The molecule has 2 heterocycles. The van der Waals surface area contributed by atoms with Gasteiger partial charge in [-0.15, -0.1) is 0 Å². The lowest BCUT2D eigenvalue weighted by Gasteiger charge is -2.25. The first kappa shape index (κ1) is 20.9. The summed E-state index contributed by atoms with van der Waals surface area (Å²) < 4.78 is 22.5. The number of carbonyl (C=O) groups is 1. The SMILES string of the molecule is COc1ccc(-c2ccc(/C=N/NC(=O)[C@@H]3COc4cc5ccccc5cc4O3)o2)cc1Cl. The molecule has 7 nitrogen and oxygen atoms in total. The van der Waals surface area contributed by atoms with Crippen LogP contribution in [0.1, 0.15) is 5.76 Å². The molecule has 5 rings (SSSR count). The van der Waals surface area contributed by atoms with Gasteiger partial charge in [-0.2, -0.15) is 5.10 Å². The fourth-order valence-electron chi connectivity index (χ4n) is 3.51. The number of furan rings is 1. The highest BCUT2D eigenvalue weighted by Crippen LogP contribution is 2.36. The number of ether oxygens (including phenoxy) is 3. The maximum atomic E-state index is 12.5. The van der Waals surface area contributed by atoms with Crippen molar-refractivity contribution in [3.05, 3.63) is 77.5 Å². The van der Waals surface area contributed by atoms with Gasteiger partial charge in [0.05, 0.1) is 18.3 Å². The van der Waals surface area contributed by atoms with Gasteiger partial charge in [-0.1, -0.05) is 35.9 Å². The first-order valence-electron chi connectivity index (χ1n) is 10.2. The Morgan fingerprint density at radius 1 is 1.09 bits per heavy atom. The second kappa shape index (κ2) is 8.88. The summed E-state index contributed by atoms with van der Waals surface area (Å²) in [6, 6.07) is 20.5. The largest absolute Gasteiger partial charge is 0.495 e. The molecule has 1 aliphatic heterocycles. The Morgan fingerprint density at radius 2 is 1.88 bits per heavy atom. The van der Waals surface area contributed by atoms with Crippen LogP contribution < -0.4 is 19.6 Å². The predicted molar refractivity (Wildman–Crippen MR) is 125 cm³/mol. The topological polar surface area (TPSA) is 82.3 Å². The van der Waals surface area contributed by atoms with Gasteiger partial charge >= 0.3 is 0 Å². The molecule has 33 heavy (non-hydrogen) atoms. The van der Waals surface area contributed by atoms with Crippen LogP contribution in [-0.4, -0.2) is 31.9 Å². The number of methoxy groups -OCH3 is 1. The zero-order valence-electron chi connectivity index (χ0n) is 17.6. The molecule has 1 aromatic heterocycles. The maximum absolute atomic E-state index is 12.5. The summed E-state index contributed by atoms with van der Waals surface area (Å²) in [5.74, 6) is 2.39. The van der Waals surface area contributed by atoms with Crippen molar-refractivity contribution in [3.63, 3.8) is 0 Å². The van der Waals surface area contributed by atoms with Crippen molar-refractivity contribution in [1.29, 1.82) is 0 Å². The molecule has 0 radical (unpaired) electrons.